The molecule has 0 atom stereocenters. The first-order valence-corrected chi connectivity index (χ1v) is 8.63. The fourth-order valence-corrected chi connectivity index (χ4v) is 3.18. The van der Waals surface area contributed by atoms with E-state index < -0.39 is 0 Å². The van der Waals surface area contributed by atoms with Crippen molar-refractivity contribution in [2.45, 2.75) is 6.67 Å². The van der Waals surface area contributed by atoms with Gasteiger partial charge in [-0.3, -0.25) is 4.57 Å². The summed E-state index contributed by atoms with van der Waals surface area (Å²) in [6.45, 7) is 0.382. The van der Waals surface area contributed by atoms with E-state index in [2.05, 4.69) is 5.10 Å². The zero-order valence-corrected chi connectivity index (χ0v) is 16.0. The number of nitrogens with zero attached hydrogens (tertiary/aromatic N) is 4. The molecular weight excluding hydrogens is 379 g/mol. The van der Waals surface area contributed by atoms with Crippen molar-refractivity contribution in [2.75, 3.05) is 14.2 Å². The highest BCUT2D eigenvalue weighted by Crippen LogP contribution is 2.31. The van der Waals surface area contributed by atoms with Gasteiger partial charge in [-0.05, 0) is 42.5 Å². The Kier molecular flexibility index (Phi) is 5.56. The molecule has 3 rings (SSSR count). The smallest absolute Gasteiger partial charge is 0.204 e. The molecule has 25 heavy (non-hydrogen) atoms. The molecule has 0 aliphatic heterocycles. The molecule has 0 amide bonds. The largest absolute Gasteiger partial charge is 0.301 e. The third-order valence-electron chi connectivity index (χ3n) is 3.67. The number of aromatic nitrogens is 3. The number of hydrogen-bond donors (Lipinski definition) is 0. The number of hydrogen-bond acceptors (Lipinski definition) is 4. The van der Waals surface area contributed by atoms with E-state index in [0.717, 1.165) is 11.3 Å². The summed E-state index contributed by atoms with van der Waals surface area (Å²) in [5.41, 5.74) is 1.65. The highest BCUT2D eigenvalue weighted by molar-refractivity contribution is 7.71. The number of halogens is 2. The van der Waals surface area contributed by atoms with Crippen LogP contribution >= 0.6 is 35.4 Å². The maximum absolute atomic E-state index is 6.40. The quantitative estimate of drug-likeness (QED) is 0.458. The van der Waals surface area contributed by atoms with Crippen LogP contribution in [0.25, 0.3) is 17.1 Å². The molecule has 0 saturated heterocycles. The van der Waals surface area contributed by atoms with E-state index in [-0.39, 0.29) is 0 Å². The molecule has 130 valence electrons. The molecule has 0 aliphatic carbocycles. The van der Waals surface area contributed by atoms with Crippen molar-refractivity contribution >= 4 is 35.4 Å². The van der Waals surface area contributed by atoms with Crippen molar-refractivity contribution in [3.05, 3.63) is 63.3 Å². The zero-order chi connectivity index (χ0) is 18.0. The lowest BCUT2D eigenvalue weighted by atomic mass is 10.2. The van der Waals surface area contributed by atoms with E-state index in [9.17, 15) is 0 Å². The molecule has 0 N–H and O–H groups in total. The van der Waals surface area contributed by atoms with E-state index in [1.807, 2.05) is 41.0 Å². The van der Waals surface area contributed by atoms with Gasteiger partial charge in [0.05, 0.1) is 12.1 Å². The summed E-state index contributed by atoms with van der Waals surface area (Å²) in [5, 5.41) is 7.37. The van der Waals surface area contributed by atoms with Crippen LogP contribution in [0.5, 0.6) is 0 Å². The van der Waals surface area contributed by atoms with Crippen LogP contribution in [0, 0.1) is 4.77 Å². The normalized spacial score (nSPS) is 11.2. The summed E-state index contributed by atoms with van der Waals surface area (Å²) in [4.78, 5) is 5.18. The minimum absolute atomic E-state index is 0.382. The summed E-state index contributed by atoms with van der Waals surface area (Å²) in [7, 11) is 3.40. The lowest BCUT2D eigenvalue weighted by Crippen LogP contribution is -2.21. The second kappa shape index (κ2) is 7.68. The molecule has 1 heterocycles. The molecule has 0 aliphatic rings. The topological polar surface area (TPSA) is 35.2 Å². The summed E-state index contributed by atoms with van der Waals surface area (Å²) in [6.07, 6.45) is 0. The second-order valence-electron chi connectivity index (χ2n) is 5.35. The van der Waals surface area contributed by atoms with Crippen LogP contribution in [0.15, 0.2) is 48.5 Å². The summed E-state index contributed by atoms with van der Waals surface area (Å²) >= 11 is 18.1. The minimum Gasteiger partial charge on any atom is -0.301 e. The fourth-order valence-electron chi connectivity index (χ4n) is 2.40. The van der Waals surface area contributed by atoms with Gasteiger partial charge in [0, 0.05) is 23.3 Å². The van der Waals surface area contributed by atoms with E-state index >= 15 is 0 Å². The van der Waals surface area contributed by atoms with E-state index in [1.165, 1.54) is 0 Å². The highest BCUT2D eigenvalue weighted by atomic mass is 35.5. The number of para-hydroxylation sites is 1. The molecule has 0 bridgehead atoms. The van der Waals surface area contributed by atoms with Gasteiger partial charge in [-0.2, -0.15) is 5.06 Å². The molecule has 0 spiro atoms. The van der Waals surface area contributed by atoms with Gasteiger partial charge in [0.2, 0.25) is 4.77 Å². The van der Waals surface area contributed by atoms with Crippen LogP contribution in [0.4, 0.5) is 0 Å². The van der Waals surface area contributed by atoms with Gasteiger partial charge in [-0.25, -0.2) is 4.68 Å². The summed E-state index contributed by atoms with van der Waals surface area (Å²) in [6, 6.07) is 15.1. The SMILES string of the molecule is CON(C)Cn1nc(-c2ccc(Cl)cc2Cl)n(-c2ccccc2)c1=S. The lowest BCUT2D eigenvalue weighted by molar-refractivity contribution is -0.134. The van der Waals surface area contributed by atoms with Gasteiger partial charge in [-0.1, -0.05) is 41.4 Å². The monoisotopic (exact) mass is 394 g/mol. The van der Waals surface area contributed by atoms with Gasteiger partial charge in [0.15, 0.2) is 5.82 Å². The summed E-state index contributed by atoms with van der Waals surface area (Å²) < 4.78 is 4.11. The average Bonchev–Trinajstić information content (AvgIpc) is 2.91. The molecular formula is C17H16Cl2N4OS. The zero-order valence-electron chi connectivity index (χ0n) is 13.7. The van der Waals surface area contributed by atoms with E-state index in [1.54, 1.807) is 36.0 Å². The van der Waals surface area contributed by atoms with E-state index in [0.29, 0.717) is 27.3 Å². The minimum atomic E-state index is 0.382. The fraction of sp³-hybridized carbons (Fsp3) is 0.176. The van der Waals surface area contributed by atoms with Crippen LogP contribution in [0.3, 0.4) is 0 Å². The molecule has 0 radical (unpaired) electrons. The number of benzene rings is 2. The van der Waals surface area contributed by atoms with Crippen LogP contribution < -0.4 is 0 Å². The summed E-state index contributed by atoms with van der Waals surface area (Å²) in [5.74, 6) is 0.641. The maximum atomic E-state index is 6.40. The van der Waals surface area contributed by atoms with Crippen LogP contribution in [-0.4, -0.2) is 33.6 Å². The molecule has 1 aromatic heterocycles. The van der Waals surface area contributed by atoms with Crippen molar-refractivity contribution < 1.29 is 4.84 Å². The Bertz CT molecular complexity index is 940. The van der Waals surface area contributed by atoms with Crippen molar-refractivity contribution in [2.24, 2.45) is 0 Å². The van der Waals surface area contributed by atoms with Gasteiger partial charge in [0.1, 0.15) is 6.67 Å². The predicted molar refractivity (Wildman–Crippen MR) is 103 cm³/mol. The molecule has 2 aromatic carbocycles. The van der Waals surface area contributed by atoms with E-state index in [4.69, 9.17) is 40.3 Å². The van der Waals surface area contributed by atoms with Crippen LogP contribution in [-0.2, 0) is 11.5 Å². The van der Waals surface area contributed by atoms with Gasteiger partial charge in [0.25, 0.3) is 0 Å². The number of rotatable bonds is 5. The highest BCUT2D eigenvalue weighted by Gasteiger charge is 2.17. The van der Waals surface area contributed by atoms with Gasteiger partial charge >= 0.3 is 0 Å². The van der Waals surface area contributed by atoms with Crippen molar-refractivity contribution in [1.82, 2.24) is 19.4 Å². The van der Waals surface area contributed by atoms with Crippen LogP contribution in [0.2, 0.25) is 10.0 Å². The first-order chi connectivity index (χ1) is 12.0. The molecule has 3 aromatic rings. The maximum Gasteiger partial charge on any atom is 0.204 e. The Balaban J connectivity index is 2.22. The van der Waals surface area contributed by atoms with Crippen LogP contribution in [0.1, 0.15) is 0 Å². The Morgan fingerprint density at radius 1 is 1.16 bits per heavy atom. The predicted octanol–water partition coefficient (Wildman–Crippen LogP) is 4.83. The number of hydroxylamine groups is 2. The Hall–Kier alpha value is -1.70. The third-order valence-corrected chi connectivity index (χ3v) is 4.61. The van der Waals surface area contributed by atoms with Gasteiger partial charge in [-0.15, -0.1) is 5.10 Å². The van der Waals surface area contributed by atoms with Crippen molar-refractivity contribution in [3.63, 3.8) is 0 Å². The third kappa shape index (κ3) is 3.78. The van der Waals surface area contributed by atoms with Gasteiger partial charge < -0.3 is 4.84 Å². The Labute approximate surface area is 160 Å². The Morgan fingerprint density at radius 2 is 1.88 bits per heavy atom. The standard InChI is InChI=1S/C17H16Cl2N4OS/c1-21(24-2)11-22-17(25)23(13-6-4-3-5-7-13)16(20-22)14-9-8-12(18)10-15(14)19/h3-10H,11H2,1-2H3. The molecule has 5 nitrogen and oxygen atoms in total. The Morgan fingerprint density at radius 3 is 2.52 bits per heavy atom. The lowest BCUT2D eigenvalue weighted by Gasteiger charge is -2.12. The molecule has 0 unspecified atom stereocenters. The van der Waals surface area contributed by atoms with Crippen molar-refractivity contribution in [1.29, 1.82) is 0 Å². The molecule has 8 heteroatoms. The molecule has 0 saturated carbocycles. The average molecular weight is 395 g/mol. The molecule has 0 fully saturated rings. The first-order valence-electron chi connectivity index (χ1n) is 7.47. The van der Waals surface area contributed by atoms with Crippen molar-refractivity contribution in [3.8, 4) is 17.1 Å². The second-order valence-corrected chi connectivity index (χ2v) is 6.56. The first kappa shape index (κ1) is 18.1.